The first-order valence-electron chi connectivity index (χ1n) is 6.02. The summed E-state index contributed by atoms with van der Waals surface area (Å²) >= 11 is 0. The molecule has 20 heavy (non-hydrogen) atoms. The van der Waals surface area contributed by atoms with E-state index in [4.69, 9.17) is 0 Å². The molecule has 0 unspecified atom stereocenters. The second-order valence-electron chi connectivity index (χ2n) is 4.02. The van der Waals surface area contributed by atoms with Gasteiger partial charge in [0.25, 0.3) is 11.8 Å². The number of hydrogen-bond donors (Lipinski definition) is 2. The molecule has 2 heterocycles. The minimum atomic E-state index is -0.257. The zero-order valence-electron chi connectivity index (χ0n) is 11.2. The topological polar surface area (TPSA) is 84.0 Å². The summed E-state index contributed by atoms with van der Waals surface area (Å²) in [5, 5.41) is 5.04. The van der Waals surface area contributed by atoms with Crippen LogP contribution in [0.3, 0.4) is 0 Å². The lowest BCUT2D eigenvalue weighted by molar-refractivity contribution is 0.0950. The Morgan fingerprint density at radius 1 is 0.850 bits per heavy atom. The molecule has 2 aromatic heterocycles. The fourth-order valence-corrected chi connectivity index (χ4v) is 1.72. The van der Waals surface area contributed by atoms with Crippen LogP contribution in [0.25, 0.3) is 11.1 Å². The summed E-state index contributed by atoms with van der Waals surface area (Å²) in [6.45, 7) is 0. The third-order valence-corrected chi connectivity index (χ3v) is 2.77. The van der Waals surface area contributed by atoms with E-state index >= 15 is 0 Å². The summed E-state index contributed by atoms with van der Waals surface area (Å²) in [7, 11) is 3.10. The quantitative estimate of drug-likeness (QED) is 0.866. The van der Waals surface area contributed by atoms with Crippen LogP contribution < -0.4 is 10.6 Å². The molecule has 2 N–H and O–H groups in total. The predicted molar refractivity (Wildman–Crippen MR) is 74.2 cm³/mol. The molecule has 2 rings (SSSR count). The Morgan fingerprint density at radius 2 is 1.25 bits per heavy atom. The minimum Gasteiger partial charge on any atom is -0.354 e. The highest BCUT2D eigenvalue weighted by Crippen LogP contribution is 2.19. The first-order chi connectivity index (χ1) is 9.65. The van der Waals surface area contributed by atoms with Crippen molar-refractivity contribution < 1.29 is 9.59 Å². The van der Waals surface area contributed by atoms with Gasteiger partial charge in [0.2, 0.25) is 0 Å². The fourth-order valence-electron chi connectivity index (χ4n) is 1.72. The number of amides is 2. The monoisotopic (exact) mass is 270 g/mol. The number of rotatable bonds is 3. The van der Waals surface area contributed by atoms with Crippen LogP contribution >= 0.6 is 0 Å². The van der Waals surface area contributed by atoms with Gasteiger partial charge in [-0.2, -0.15) is 0 Å². The van der Waals surface area contributed by atoms with E-state index in [-0.39, 0.29) is 11.8 Å². The van der Waals surface area contributed by atoms with Gasteiger partial charge in [0.05, 0.1) is 0 Å². The lowest BCUT2D eigenvalue weighted by Crippen LogP contribution is -2.19. The van der Waals surface area contributed by atoms with E-state index in [1.807, 2.05) is 0 Å². The Balaban J connectivity index is 2.41. The van der Waals surface area contributed by atoms with Gasteiger partial charge in [-0.15, -0.1) is 0 Å². The highest BCUT2D eigenvalue weighted by atomic mass is 16.2. The first kappa shape index (κ1) is 13.7. The van der Waals surface area contributed by atoms with Crippen LogP contribution in [0.15, 0.2) is 36.7 Å². The third kappa shape index (κ3) is 2.80. The smallest absolute Gasteiger partial charge is 0.269 e. The summed E-state index contributed by atoms with van der Waals surface area (Å²) in [5.74, 6) is -0.514. The van der Waals surface area contributed by atoms with Crippen LogP contribution in [0.4, 0.5) is 0 Å². The molecule has 0 saturated carbocycles. The first-order valence-corrected chi connectivity index (χ1v) is 6.02. The van der Waals surface area contributed by atoms with Gasteiger partial charge < -0.3 is 10.6 Å². The molecule has 2 amide bonds. The maximum Gasteiger partial charge on any atom is 0.269 e. The summed E-state index contributed by atoms with van der Waals surface area (Å²) in [4.78, 5) is 31.1. The molecule has 6 heteroatoms. The van der Waals surface area contributed by atoms with Gasteiger partial charge in [0.1, 0.15) is 11.4 Å². The lowest BCUT2D eigenvalue weighted by atomic mass is 10.1. The third-order valence-electron chi connectivity index (χ3n) is 2.77. The fraction of sp³-hybridized carbons (Fsp3) is 0.143. The zero-order valence-corrected chi connectivity index (χ0v) is 11.2. The Morgan fingerprint density at radius 3 is 1.60 bits per heavy atom. The van der Waals surface area contributed by atoms with Crippen molar-refractivity contribution in [2.24, 2.45) is 0 Å². The molecular weight excluding hydrogens is 256 g/mol. The van der Waals surface area contributed by atoms with Gasteiger partial charge in [-0.3, -0.25) is 19.6 Å². The summed E-state index contributed by atoms with van der Waals surface area (Å²) < 4.78 is 0. The standard InChI is InChI=1S/C14H14N4O2/c1-15-13(19)11-7-9(3-5-17-11)10-4-6-18-12(8-10)14(20)16-2/h3-8H,1-2H3,(H,15,19)(H,16,20). The molecule has 0 aliphatic heterocycles. The second-order valence-corrected chi connectivity index (χ2v) is 4.02. The van der Waals surface area contributed by atoms with Crippen molar-refractivity contribution in [3.63, 3.8) is 0 Å². The minimum absolute atomic E-state index is 0.257. The van der Waals surface area contributed by atoms with Gasteiger partial charge in [0.15, 0.2) is 0 Å². The van der Waals surface area contributed by atoms with Crippen LogP contribution in [0, 0.1) is 0 Å². The van der Waals surface area contributed by atoms with Crippen LogP contribution in [-0.2, 0) is 0 Å². The number of carbonyl (C=O) groups is 2. The molecule has 0 saturated heterocycles. The molecule has 0 aliphatic rings. The molecule has 0 radical (unpaired) electrons. The Kier molecular flexibility index (Phi) is 4.05. The van der Waals surface area contributed by atoms with Crippen molar-refractivity contribution in [1.29, 1.82) is 0 Å². The second kappa shape index (κ2) is 5.92. The summed E-state index contributed by atoms with van der Waals surface area (Å²) in [5.41, 5.74) is 2.24. The normalized spacial score (nSPS) is 9.90. The summed E-state index contributed by atoms with van der Waals surface area (Å²) in [6, 6.07) is 6.88. The van der Waals surface area contributed by atoms with Gasteiger partial charge in [-0.1, -0.05) is 0 Å². The molecule has 102 valence electrons. The van der Waals surface area contributed by atoms with E-state index in [0.29, 0.717) is 11.4 Å². The van der Waals surface area contributed by atoms with Gasteiger partial charge >= 0.3 is 0 Å². The van der Waals surface area contributed by atoms with Crippen LogP contribution in [0.2, 0.25) is 0 Å². The van der Waals surface area contributed by atoms with E-state index in [2.05, 4.69) is 20.6 Å². The molecule has 0 aromatic carbocycles. The van der Waals surface area contributed by atoms with Crippen LogP contribution in [-0.4, -0.2) is 35.9 Å². The van der Waals surface area contributed by atoms with Crippen molar-refractivity contribution in [3.05, 3.63) is 48.0 Å². The van der Waals surface area contributed by atoms with Crippen molar-refractivity contribution in [1.82, 2.24) is 20.6 Å². The number of carbonyl (C=O) groups excluding carboxylic acids is 2. The van der Waals surface area contributed by atoms with E-state index in [1.165, 1.54) is 0 Å². The molecule has 0 bridgehead atoms. The van der Waals surface area contributed by atoms with Gasteiger partial charge in [-0.05, 0) is 35.4 Å². The predicted octanol–water partition coefficient (Wildman–Crippen LogP) is 0.863. The van der Waals surface area contributed by atoms with E-state index < -0.39 is 0 Å². The number of hydrogen-bond acceptors (Lipinski definition) is 4. The number of aromatic nitrogens is 2. The Bertz CT molecular complexity index is 598. The van der Waals surface area contributed by atoms with Crippen LogP contribution in [0.5, 0.6) is 0 Å². The van der Waals surface area contributed by atoms with Crippen LogP contribution in [0.1, 0.15) is 21.0 Å². The molecule has 2 aromatic rings. The van der Waals surface area contributed by atoms with E-state index in [0.717, 1.165) is 11.1 Å². The Hall–Kier alpha value is -2.76. The lowest BCUT2D eigenvalue weighted by Gasteiger charge is -2.05. The average Bonchev–Trinajstić information content (AvgIpc) is 2.53. The van der Waals surface area contributed by atoms with Crippen molar-refractivity contribution in [3.8, 4) is 11.1 Å². The van der Waals surface area contributed by atoms with Crippen molar-refractivity contribution in [2.75, 3.05) is 14.1 Å². The zero-order chi connectivity index (χ0) is 14.5. The highest BCUT2D eigenvalue weighted by Gasteiger charge is 2.09. The molecule has 0 fully saturated rings. The van der Waals surface area contributed by atoms with E-state index in [1.54, 1.807) is 50.8 Å². The molecule has 0 spiro atoms. The highest BCUT2D eigenvalue weighted by molar-refractivity contribution is 5.94. The van der Waals surface area contributed by atoms with Crippen molar-refractivity contribution >= 4 is 11.8 Å². The molecule has 0 aliphatic carbocycles. The molecule has 0 atom stereocenters. The Labute approximate surface area is 116 Å². The number of pyridine rings is 2. The van der Waals surface area contributed by atoms with E-state index in [9.17, 15) is 9.59 Å². The van der Waals surface area contributed by atoms with Crippen molar-refractivity contribution in [2.45, 2.75) is 0 Å². The molecular formula is C14H14N4O2. The number of nitrogens with zero attached hydrogens (tertiary/aromatic N) is 2. The maximum atomic E-state index is 11.6. The largest absolute Gasteiger partial charge is 0.354 e. The number of nitrogens with one attached hydrogen (secondary N) is 2. The van der Waals surface area contributed by atoms with Gasteiger partial charge in [0, 0.05) is 26.5 Å². The SMILES string of the molecule is CNC(=O)c1cc(-c2ccnc(C(=O)NC)c2)ccn1. The average molecular weight is 270 g/mol. The molecule has 6 nitrogen and oxygen atoms in total. The maximum absolute atomic E-state index is 11.6. The van der Waals surface area contributed by atoms with Gasteiger partial charge in [-0.25, -0.2) is 0 Å². The summed E-state index contributed by atoms with van der Waals surface area (Å²) in [6.07, 6.45) is 3.11.